The number of aliphatic carboxylic acids is 1. The molecule has 11 heteroatoms. The summed E-state index contributed by atoms with van der Waals surface area (Å²) in [5, 5.41) is 17.1. The van der Waals surface area contributed by atoms with E-state index in [1.54, 1.807) is 13.1 Å². The van der Waals surface area contributed by atoms with Gasteiger partial charge in [-0.25, -0.2) is 9.78 Å². The molecule has 190 valence electrons. The largest absolute Gasteiger partial charge is 0.480 e. The maximum atomic E-state index is 13.1. The van der Waals surface area contributed by atoms with Crippen LogP contribution in [0.1, 0.15) is 38.4 Å². The van der Waals surface area contributed by atoms with E-state index in [1.165, 1.54) is 13.3 Å². The average molecular weight is 487 g/mol. The monoisotopic (exact) mass is 486 g/mol. The topological polar surface area (TPSA) is 179 Å². The third-order valence-corrected chi connectivity index (χ3v) is 5.78. The molecule has 1 aromatic carbocycles. The van der Waals surface area contributed by atoms with Crippen LogP contribution in [0, 0.1) is 5.92 Å². The lowest BCUT2D eigenvalue weighted by atomic mass is 9.99. The van der Waals surface area contributed by atoms with Gasteiger partial charge < -0.3 is 31.8 Å². The number of H-pyrrole nitrogens is 1. The molecule has 3 amide bonds. The highest BCUT2D eigenvalue weighted by atomic mass is 16.4. The van der Waals surface area contributed by atoms with Crippen molar-refractivity contribution in [2.75, 3.05) is 0 Å². The summed E-state index contributed by atoms with van der Waals surface area (Å²) < 4.78 is 0. The minimum Gasteiger partial charge on any atom is -0.480 e. The Labute approximate surface area is 204 Å². The summed E-state index contributed by atoms with van der Waals surface area (Å²) in [6.07, 6.45) is 3.98. The van der Waals surface area contributed by atoms with E-state index in [9.17, 15) is 24.3 Å². The molecule has 0 radical (unpaired) electrons. The van der Waals surface area contributed by atoms with Gasteiger partial charge in [-0.1, -0.05) is 50.6 Å². The quantitative estimate of drug-likeness (QED) is 0.233. The number of carbonyl (C=O) groups excluding carboxylic acids is 3. The molecule has 0 fully saturated rings. The van der Waals surface area contributed by atoms with Crippen LogP contribution >= 0.6 is 0 Å². The Kier molecular flexibility index (Phi) is 10.4. The fraction of sp³-hybridized carbons (Fsp3) is 0.458. The Hall–Kier alpha value is -3.73. The first-order valence-corrected chi connectivity index (χ1v) is 11.5. The van der Waals surface area contributed by atoms with Gasteiger partial charge in [-0.15, -0.1) is 0 Å². The van der Waals surface area contributed by atoms with Gasteiger partial charge in [0.2, 0.25) is 17.7 Å². The van der Waals surface area contributed by atoms with Crippen LogP contribution < -0.4 is 21.7 Å². The molecule has 0 aliphatic carbocycles. The summed E-state index contributed by atoms with van der Waals surface area (Å²) in [6.45, 7) is 5.00. The van der Waals surface area contributed by atoms with Crippen molar-refractivity contribution in [3.63, 3.8) is 0 Å². The van der Waals surface area contributed by atoms with Crippen molar-refractivity contribution in [1.82, 2.24) is 25.9 Å². The lowest BCUT2D eigenvalue weighted by Crippen LogP contribution is -2.57. The summed E-state index contributed by atoms with van der Waals surface area (Å²) in [7, 11) is 0. The van der Waals surface area contributed by atoms with Crippen LogP contribution in [-0.2, 0) is 32.0 Å². The normalized spacial score (nSPS) is 15.2. The number of amides is 3. The van der Waals surface area contributed by atoms with Gasteiger partial charge in [0.25, 0.3) is 0 Å². The molecule has 0 spiro atoms. The lowest BCUT2D eigenvalue weighted by molar-refractivity contribution is -0.143. The van der Waals surface area contributed by atoms with Gasteiger partial charge in [-0.05, 0) is 18.4 Å². The number of imidazole rings is 1. The molecule has 1 aromatic heterocycles. The van der Waals surface area contributed by atoms with Gasteiger partial charge in [0.1, 0.15) is 18.1 Å². The van der Waals surface area contributed by atoms with Gasteiger partial charge in [0, 0.05) is 24.7 Å². The van der Waals surface area contributed by atoms with Crippen molar-refractivity contribution in [2.24, 2.45) is 11.7 Å². The molecular formula is C24H34N6O5. The van der Waals surface area contributed by atoms with Crippen LogP contribution in [0.5, 0.6) is 0 Å². The molecule has 1 heterocycles. The van der Waals surface area contributed by atoms with E-state index in [4.69, 9.17) is 5.73 Å². The highest BCUT2D eigenvalue weighted by Crippen LogP contribution is 2.09. The Morgan fingerprint density at radius 1 is 1.00 bits per heavy atom. The molecule has 5 atom stereocenters. The van der Waals surface area contributed by atoms with Crippen LogP contribution in [0.25, 0.3) is 0 Å². The Balaban J connectivity index is 2.08. The van der Waals surface area contributed by atoms with E-state index in [2.05, 4.69) is 25.9 Å². The number of hydrogen-bond donors (Lipinski definition) is 6. The van der Waals surface area contributed by atoms with Crippen LogP contribution in [0.15, 0.2) is 42.9 Å². The molecule has 0 bridgehead atoms. The summed E-state index contributed by atoms with van der Waals surface area (Å²) >= 11 is 0. The summed E-state index contributed by atoms with van der Waals surface area (Å²) in [5.41, 5.74) is 7.49. The van der Waals surface area contributed by atoms with Crippen molar-refractivity contribution in [3.8, 4) is 0 Å². The van der Waals surface area contributed by atoms with Gasteiger partial charge in [0.15, 0.2) is 0 Å². The van der Waals surface area contributed by atoms with Gasteiger partial charge in [-0.2, -0.15) is 0 Å². The minimum absolute atomic E-state index is 0.175. The van der Waals surface area contributed by atoms with E-state index < -0.39 is 47.9 Å². The average Bonchev–Trinajstić information content (AvgIpc) is 3.34. The number of carbonyl (C=O) groups is 4. The third kappa shape index (κ3) is 8.53. The Morgan fingerprint density at radius 3 is 2.26 bits per heavy atom. The second-order valence-electron chi connectivity index (χ2n) is 8.58. The zero-order chi connectivity index (χ0) is 26.0. The number of nitrogens with two attached hydrogens (primary N) is 1. The highest BCUT2D eigenvalue weighted by Gasteiger charge is 2.30. The first-order chi connectivity index (χ1) is 16.6. The second-order valence-corrected chi connectivity index (χ2v) is 8.58. The van der Waals surface area contributed by atoms with E-state index >= 15 is 0 Å². The maximum Gasteiger partial charge on any atom is 0.326 e. The molecule has 0 saturated heterocycles. The fourth-order valence-corrected chi connectivity index (χ4v) is 3.40. The molecular weight excluding hydrogens is 452 g/mol. The van der Waals surface area contributed by atoms with Crippen molar-refractivity contribution < 1.29 is 24.3 Å². The van der Waals surface area contributed by atoms with Crippen LogP contribution in [0.3, 0.4) is 0 Å². The fourth-order valence-electron chi connectivity index (χ4n) is 3.40. The third-order valence-electron chi connectivity index (χ3n) is 5.78. The SMILES string of the molecule is CCC(C)C(NC(=O)C(C)NC(=O)C(Cc1ccccc1)NC(=O)C(N)Cc1cnc[nH]1)C(=O)O. The Morgan fingerprint density at radius 2 is 1.69 bits per heavy atom. The Bertz CT molecular complexity index is 982. The molecule has 11 nitrogen and oxygen atoms in total. The number of nitrogens with one attached hydrogen (secondary N) is 4. The second kappa shape index (κ2) is 13.2. The number of carboxylic acid groups (broad SMARTS) is 1. The van der Waals surface area contributed by atoms with Crippen molar-refractivity contribution >= 4 is 23.7 Å². The highest BCUT2D eigenvalue weighted by molar-refractivity contribution is 5.94. The molecule has 0 saturated carbocycles. The number of hydrogen-bond acceptors (Lipinski definition) is 6. The van der Waals surface area contributed by atoms with Gasteiger partial charge in [-0.3, -0.25) is 14.4 Å². The molecule has 2 rings (SSSR count). The van der Waals surface area contributed by atoms with Crippen LogP contribution in [-0.4, -0.2) is 62.9 Å². The zero-order valence-corrected chi connectivity index (χ0v) is 20.2. The first-order valence-electron chi connectivity index (χ1n) is 11.5. The molecule has 5 unspecified atom stereocenters. The number of nitrogens with zero attached hydrogens (tertiary/aromatic N) is 1. The zero-order valence-electron chi connectivity index (χ0n) is 20.2. The van der Waals surface area contributed by atoms with E-state index in [0.29, 0.717) is 12.1 Å². The number of benzene rings is 1. The van der Waals surface area contributed by atoms with Crippen molar-refractivity contribution in [2.45, 2.75) is 64.2 Å². The first kappa shape index (κ1) is 27.5. The van der Waals surface area contributed by atoms with Crippen LogP contribution in [0.2, 0.25) is 0 Å². The number of rotatable bonds is 13. The van der Waals surface area contributed by atoms with Crippen molar-refractivity contribution in [3.05, 3.63) is 54.1 Å². The summed E-state index contributed by atoms with van der Waals surface area (Å²) in [4.78, 5) is 56.7. The van der Waals surface area contributed by atoms with Crippen LogP contribution in [0.4, 0.5) is 0 Å². The van der Waals surface area contributed by atoms with Gasteiger partial charge in [0.05, 0.1) is 12.4 Å². The van der Waals surface area contributed by atoms with E-state index in [0.717, 1.165) is 5.56 Å². The van der Waals surface area contributed by atoms with E-state index in [-0.39, 0.29) is 18.8 Å². The summed E-state index contributed by atoms with van der Waals surface area (Å²) in [6, 6.07) is 5.06. The summed E-state index contributed by atoms with van der Waals surface area (Å²) in [5.74, 6) is -3.19. The number of carboxylic acids is 1. The number of aromatic amines is 1. The molecule has 0 aliphatic rings. The minimum atomic E-state index is -1.15. The predicted octanol–water partition coefficient (Wildman–Crippen LogP) is 0.127. The van der Waals surface area contributed by atoms with E-state index in [1.807, 2.05) is 37.3 Å². The molecule has 35 heavy (non-hydrogen) atoms. The smallest absolute Gasteiger partial charge is 0.326 e. The lowest BCUT2D eigenvalue weighted by Gasteiger charge is -2.25. The van der Waals surface area contributed by atoms with Gasteiger partial charge >= 0.3 is 5.97 Å². The maximum absolute atomic E-state index is 13.1. The molecule has 0 aliphatic heterocycles. The number of aromatic nitrogens is 2. The predicted molar refractivity (Wildman–Crippen MR) is 129 cm³/mol. The standard InChI is InChI=1S/C24H34N6O5/c1-4-14(2)20(24(34)35)30-21(31)15(3)28-23(33)19(10-16-8-6-5-7-9-16)29-22(32)18(25)11-17-12-26-13-27-17/h5-9,12-15,18-20H,4,10-11,25H2,1-3H3,(H,26,27)(H,28,33)(H,29,32)(H,30,31)(H,34,35). The molecule has 7 N–H and O–H groups in total. The van der Waals surface area contributed by atoms with Crippen molar-refractivity contribution in [1.29, 1.82) is 0 Å². The molecule has 2 aromatic rings.